The van der Waals surface area contributed by atoms with E-state index < -0.39 is 68.9 Å². The van der Waals surface area contributed by atoms with Crippen LogP contribution < -0.4 is 21.8 Å². The molecule has 51 heavy (non-hydrogen) atoms. The van der Waals surface area contributed by atoms with Gasteiger partial charge >= 0.3 is 11.6 Å². The molecule has 0 radical (unpaired) electrons. The Balaban J connectivity index is 1.30. The third-order valence-corrected chi connectivity index (χ3v) is 10.5. The molecule has 3 amide bonds. The zero-order valence-corrected chi connectivity index (χ0v) is 28.3. The number of β-lactam (4-membered cyclic amide) rings is 1. The number of aromatic nitrogens is 1. The molecule has 4 atom stereocenters. The van der Waals surface area contributed by atoms with Gasteiger partial charge in [-0.2, -0.15) is 0 Å². The number of hydrogen-bond donors (Lipinski definition) is 5. The predicted octanol–water partition coefficient (Wildman–Crippen LogP) is 2.64. The summed E-state index contributed by atoms with van der Waals surface area (Å²) in [7, 11) is 0. The minimum absolute atomic E-state index is 0.0372. The van der Waals surface area contributed by atoms with Gasteiger partial charge < -0.3 is 40.3 Å². The molecule has 4 heterocycles. The van der Waals surface area contributed by atoms with E-state index >= 15 is 0 Å². The smallest absolute Gasteiger partial charge is 0.364 e. The van der Waals surface area contributed by atoms with E-state index in [1.807, 2.05) is 0 Å². The second-order valence-electron chi connectivity index (χ2n) is 12.6. The van der Waals surface area contributed by atoms with Gasteiger partial charge in [-0.1, -0.05) is 24.3 Å². The molecule has 0 spiro atoms. The molecule has 15 nitrogen and oxygen atoms in total. The highest BCUT2D eigenvalue weighted by Crippen LogP contribution is 2.52. The Morgan fingerprint density at radius 1 is 1.00 bits per heavy atom. The Morgan fingerprint density at radius 3 is 2.25 bits per heavy atom. The first-order valence-electron chi connectivity index (χ1n) is 15.6. The summed E-state index contributed by atoms with van der Waals surface area (Å²) in [5.74, 6) is -3.47. The number of carbonyl (C=O) groups is 4. The van der Waals surface area contributed by atoms with Crippen LogP contribution in [0.15, 0.2) is 87.0 Å². The van der Waals surface area contributed by atoms with E-state index in [9.17, 15) is 44.1 Å². The summed E-state index contributed by atoms with van der Waals surface area (Å²) in [5.41, 5.74) is 6.14. The first-order chi connectivity index (χ1) is 24.1. The molecule has 2 saturated heterocycles. The fourth-order valence-electron chi connectivity index (χ4n) is 6.44. The number of phenols is 1. The highest BCUT2D eigenvalue weighted by Gasteiger charge is 2.66. The fraction of sp³-hybridized carbons (Fsp3) is 0.257. The Morgan fingerprint density at radius 2 is 1.67 bits per heavy atom. The molecule has 0 aliphatic carbocycles. The van der Waals surface area contributed by atoms with E-state index in [4.69, 9.17) is 10.2 Å². The molecule has 2 aliphatic heterocycles. The van der Waals surface area contributed by atoms with Crippen LogP contribution in [-0.4, -0.2) is 76.0 Å². The topological polar surface area (TPSA) is 228 Å². The number of nitrogens with one attached hydrogen (secondary N) is 1. The zero-order chi connectivity index (χ0) is 36.9. The van der Waals surface area contributed by atoms with Crippen molar-refractivity contribution in [1.29, 1.82) is 0 Å². The number of carboxylic acid groups (broad SMARTS) is 1. The normalized spacial score (nSPS) is 19.5. The number of phenolic OH excluding ortho intramolecular Hbond substituents is 1. The fourth-order valence-corrected chi connectivity index (χ4v) is 8.14. The van der Waals surface area contributed by atoms with Crippen molar-refractivity contribution < 1.29 is 38.9 Å². The maximum absolute atomic E-state index is 14.0. The zero-order valence-electron chi connectivity index (χ0n) is 27.5. The van der Waals surface area contributed by atoms with Crippen LogP contribution in [0.25, 0.3) is 11.3 Å². The number of fused-ring (bicyclic) bond motifs is 1. The van der Waals surface area contributed by atoms with Crippen molar-refractivity contribution in [1.82, 2.24) is 14.8 Å². The van der Waals surface area contributed by atoms with Crippen LogP contribution in [0.5, 0.6) is 11.5 Å². The number of anilines is 2. The van der Waals surface area contributed by atoms with Crippen molar-refractivity contribution in [2.24, 2.45) is 5.73 Å². The van der Waals surface area contributed by atoms with Crippen molar-refractivity contribution in [3.05, 3.63) is 105 Å². The average Bonchev–Trinajstić information content (AvgIpc) is 3.33. The molecule has 264 valence electrons. The van der Waals surface area contributed by atoms with E-state index in [1.165, 1.54) is 71.0 Å². The monoisotopic (exact) mass is 715 g/mol. The number of carboxylic acids is 1. The number of aliphatic carboxylic acids is 1. The predicted molar refractivity (Wildman–Crippen MR) is 185 cm³/mol. The highest BCUT2D eigenvalue weighted by molar-refractivity contribution is 8.01. The van der Waals surface area contributed by atoms with Crippen LogP contribution in [0.2, 0.25) is 0 Å². The van der Waals surface area contributed by atoms with Gasteiger partial charge in [0.15, 0.2) is 5.69 Å². The molecular weight excluding hydrogens is 682 g/mol. The second-order valence-corrected chi connectivity index (χ2v) is 14.4. The molecule has 2 aliphatic rings. The molecule has 0 bridgehead atoms. The van der Waals surface area contributed by atoms with Crippen LogP contribution in [-0.2, 0) is 25.7 Å². The van der Waals surface area contributed by atoms with E-state index in [2.05, 4.69) is 4.98 Å². The summed E-state index contributed by atoms with van der Waals surface area (Å²) in [6.07, 6.45) is 1.00. The molecular formula is C35H33N5O10S. The van der Waals surface area contributed by atoms with Crippen LogP contribution in [0.3, 0.4) is 0 Å². The summed E-state index contributed by atoms with van der Waals surface area (Å²) < 4.78 is 3.97. The maximum atomic E-state index is 14.0. The van der Waals surface area contributed by atoms with Gasteiger partial charge in [0.25, 0.3) is 5.56 Å². The summed E-state index contributed by atoms with van der Waals surface area (Å²) in [6, 6.07) is 12.6. The minimum atomic E-state index is -1.27. The van der Waals surface area contributed by atoms with Gasteiger partial charge in [-0.3, -0.25) is 24.1 Å². The van der Waals surface area contributed by atoms with Crippen molar-refractivity contribution in [3.8, 4) is 22.8 Å². The SMILES string of the molecule is CC(=O)N(c1ccc(-c2ccc(CN(C(=O)C(N)c3ccc(O)cc3)[C@@H]3C(=O)N4[C@@H]3SC(C)(C)[C@@H]4C(=O)O)c(=O)[nH]2)cc1)c1c(O)ccoc1=O. The number of aromatic amines is 1. The van der Waals surface area contributed by atoms with E-state index in [0.29, 0.717) is 16.8 Å². The lowest BCUT2D eigenvalue weighted by Gasteiger charge is -2.48. The molecule has 0 saturated carbocycles. The lowest BCUT2D eigenvalue weighted by Crippen LogP contribution is -2.71. The number of pyridine rings is 1. The Labute approximate surface area is 293 Å². The summed E-state index contributed by atoms with van der Waals surface area (Å²) in [5, 5.41) is 29.2. The molecule has 6 rings (SSSR count). The van der Waals surface area contributed by atoms with Gasteiger partial charge in [0, 0.05) is 34.7 Å². The first kappa shape index (κ1) is 35.0. The molecule has 16 heteroatoms. The summed E-state index contributed by atoms with van der Waals surface area (Å²) in [4.78, 5) is 84.3. The number of amides is 3. The Kier molecular flexibility index (Phi) is 8.99. The number of thioether (sulfide) groups is 1. The van der Waals surface area contributed by atoms with Crippen LogP contribution in [0.1, 0.15) is 37.9 Å². The van der Waals surface area contributed by atoms with Crippen molar-refractivity contribution in [2.45, 2.75) is 55.6 Å². The van der Waals surface area contributed by atoms with Crippen LogP contribution in [0, 0.1) is 0 Å². The van der Waals surface area contributed by atoms with E-state index in [0.717, 1.165) is 17.2 Å². The van der Waals surface area contributed by atoms with Gasteiger partial charge in [0.05, 0.1) is 12.8 Å². The molecule has 6 N–H and O–H groups in total. The third-order valence-electron chi connectivity index (χ3n) is 8.93. The number of carbonyl (C=O) groups excluding carboxylic acids is 3. The van der Waals surface area contributed by atoms with Crippen molar-refractivity contribution in [2.75, 3.05) is 4.90 Å². The maximum Gasteiger partial charge on any atom is 0.364 e. The van der Waals surface area contributed by atoms with Gasteiger partial charge in [-0.05, 0) is 61.4 Å². The van der Waals surface area contributed by atoms with E-state index in [-0.39, 0.29) is 29.2 Å². The minimum Gasteiger partial charge on any atom is -0.508 e. The third kappa shape index (κ3) is 6.23. The van der Waals surface area contributed by atoms with Gasteiger partial charge in [0.2, 0.25) is 17.7 Å². The molecule has 2 aromatic heterocycles. The van der Waals surface area contributed by atoms with Crippen molar-refractivity contribution in [3.63, 3.8) is 0 Å². The standard InChI is InChI=1S/C35H33N5O10S/c1-17(41)39(26-24(43)14-15-50-34(26)49)21-9-4-18(5-10-21)23-13-8-20(29(44)37-23)16-38(30(45)25(36)19-6-11-22(42)12-7-19)27-31(46)40-28(33(47)48)35(2,3)51-32(27)40/h4-15,25,27-28,32,42-43H,16,36H2,1-3H3,(H,37,44)(H,47,48)/t25?,27-,28+,32-/m1/s1. The number of nitrogens with two attached hydrogens (primary N) is 1. The Hall–Kier alpha value is -5.87. The number of aromatic hydroxyl groups is 2. The lowest BCUT2D eigenvalue weighted by molar-refractivity contribution is -0.169. The number of hydrogen-bond acceptors (Lipinski definition) is 11. The molecule has 4 aromatic rings. The number of nitrogens with zero attached hydrogens (tertiary/aromatic N) is 3. The highest BCUT2D eigenvalue weighted by atomic mass is 32.2. The van der Waals surface area contributed by atoms with Gasteiger partial charge in [-0.25, -0.2) is 9.59 Å². The van der Waals surface area contributed by atoms with Crippen LogP contribution in [0.4, 0.5) is 11.4 Å². The second kappa shape index (κ2) is 13.1. The number of rotatable bonds is 9. The summed E-state index contributed by atoms with van der Waals surface area (Å²) >= 11 is 1.25. The lowest BCUT2D eigenvalue weighted by atomic mass is 9.94. The van der Waals surface area contributed by atoms with E-state index in [1.54, 1.807) is 32.0 Å². The number of H-pyrrole nitrogens is 1. The van der Waals surface area contributed by atoms with Crippen molar-refractivity contribution >= 4 is 46.8 Å². The van der Waals surface area contributed by atoms with Gasteiger partial charge in [0.1, 0.15) is 35.0 Å². The van der Waals surface area contributed by atoms with Crippen LogP contribution >= 0.6 is 11.8 Å². The quantitative estimate of drug-likeness (QED) is 0.158. The largest absolute Gasteiger partial charge is 0.508 e. The summed E-state index contributed by atoms with van der Waals surface area (Å²) in [6.45, 7) is 4.31. The molecule has 1 unspecified atom stereocenters. The molecule has 2 aromatic carbocycles. The first-order valence-corrected chi connectivity index (χ1v) is 16.5. The Bertz CT molecular complexity index is 2170. The average molecular weight is 716 g/mol. The molecule has 2 fully saturated rings. The number of benzene rings is 2. The van der Waals surface area contributed by atoms with Gasteiger partial charge in [-0.15, -0.1) is 11.8 Å².